The topological polar surface area (TPSA) is 58.2 Å². The van der Waals surface area contributed by atoms with Gasteiger partial charge in [0.05, 0.1) is 18.1 Å². The number of H-pyrrole nitrogens is 1. The predicted molar refractivity (Wildman–Crippen MR) is 97.0 cm³/mol. The van der Waals surface area contributed by atoms with Gasteiger partial charge in [-0.15, -0.1) is 0 Å². The fourth-order valence-electron chi connectivity index (χ4n) is 3.47. The van der Waals surface area contributed by atoms with E-state index < -0.39 is 0 Å². The number of hydrogen-bond donors (Lipinski definition) is 1. The first-order chi connectivity index (χ1) is 12.2. The molecule has 0 spiro atoms. The molecular weight excluding hydrogens is 314 g/mol. The highest BCUT2D eigenvalue weighted by atomic mass is 16.5. The quantitative estimate of drug-likeness (QED) is 0.796. The number of fused-ring (bicyclic) bond motifs is 1. The minimum Gasteiger partial charge on any atom is -0.497 e. The van der Waals surface area contributed by atoms with Gasteiger partial charge in [0.2, 0.25) is 0 Å². The number of carbonyl (C=O) groups is 1. The number of imidazole rings is 1. The van der Waals surface area contributed by atoms with Gasteiger partial charge in [0.15, 0.2) is 0 Å². The van der Waals surface area contributed by atoms with E-state index in [1.807, 2.05) is 53.4 Å². The van der Waals surface area contributed by atoms with Crippen molar-refractivity contribution < 1.29 is 9.53 Å². The third-order valence-electron chi connectivity index (χ3n) is 4.84. The number of benzene rings is 2. The number of nitrogens with zero attached hydrogens (tertiary/aromatic N) is 2. The van der Waals surface area contributed by atoms with E-state index in [1.165, 1.54) is 0 Å². The molecule has 1 aromatic heterocycles. The summed E-state index contributed by atoms with van der Waals surface area (Å²) in [5.41, 5.74) is 2.73. The molecule has 1 aliphatic rings. The number of rotatable bonds is 3. The Balaban J connectivity index is 1.52. The van der Waals surface area contributed by atoms with E-state index in [0.717, 1.165) is 42.0 Å². The van der Waals surface area contributed by atoms with Crippen molar-refractivity contribution in [3.8, 4) is 5.75 Å². The standard InChI is InChI=1S/C20H21N3O2/c1-25-16-10-8-14(9-11-16)20(24)23-12-4-5-15(13-23)19-21-17-6-2-3-7-18(17)22-19/h2-3,6-11,15H,4-5,12-13H2,1H3,(H,21,22)/t15-/m1/s1. The Labute approximate surface area is 146 Å². The van der Waals surface area contributed by atoms with E-state index in [9.17, 15) is 4.79 Å². The third kappa shape index (κ3) is 3.09. The number of aromatic nitrogens is 2. The Morgan fingerprint density at radius 2 is 2.00 bits per heavy atom. The van der Waals surface area contributed by atoms with Crippen LogP contribution in [0.2, 0.25) is 0 Å². The summed E-state index contributed by atoms with van der Waals surface area (Å²) >= 11 is 0. The zero-order chi connectivity index (χ0) is 17.2. The largest absolute Gasteiger partial charge is 0.497 e. The maximum absolute atomic E-state index is 12.8. The van der Waals surface area contributed by atoms with Gasteiger partial charge in [-0.25, -0.2) is 4.98 Å². The number of piperidine rings is 1. The Kier molecular flexibility index (Phi) is 4.14. The highest BCUT2D eigenvalue weighted by molar-refractivity contribution is 5.94. The van der Waals surface area contributed by atoms with Crippen LogP contribution in [0.3, 0.4) is 0 Å². The van der Waals surface area contributed by atoms with E-state index in [-0.39, 0.29) is 11.8 Å². The van der Waals surface area contributed by atoms with Crippen LogP contribution < -0.4 is 4.74 Å². The number of nitrogens with one attached hydrogen (secondary N) is 1. The highest BCUT2D eigenvalue weighted by Gasteiger charge is 2.27. The molecule has 0 aliphatic carbocycles. The number of methoxy groups -OCH3 is 1. The van der Waals surface area contributed by atoms with E-state index in [0.29, 0.717) is 12.1 Å². The van der Waals surface area contributed by atoms with Crippen molar-refractivity contribution in [3.05, 3.63) is 59.9 Å². The highest BCUT2D eigenvalue weighted by Crippen LogP contribution is 2.27. The van der Waals surface area contributed by atoms with Crippen molar-refractivity contribution in [2.45, 2.75) is 18.8 Å². The predicted octanol–water partition coefficient (Wildman–Crippen LogP) is 3.59. The molecule has 1 amide bonds. The van der Waals surface area contributed by atoms with E-state index in [2.05, 4.69) is 4.98 Å². The van der Waals surface area contributed by atoms with Crippen LogP contribution in [0.5, 0.6) is 5.75 Å². The molecule has 3 aromatic rings. The molecule has 1 saturated heterocycles. The van der Waals surface area contributed by atoms with Gasteiger partial charge < -0.3 is 14.6 Å². The lowest BCUT2D eigenvalue weighted by Gasteiger charge is -2.32. The fourth-order valence-corrected chi connectivity index (χ4v) is 3.47. The molecule has 1 N–H and O–H groups in total. The summed E-state index contributed by atoms with van der Waals surface area (Å²) in [6, 6.07) is 15.4. The van der Waals surface area contributed by atoms with Crippen molar-refractivity contribution in [1.82, 2.24) is 14.9 Å². The summed E-state index contributed by atoms with van der Waals surface area (Å²) in [6.07, 6.45) is 2.04. The van der Waals surface area contributed by atoms with Crippen molar-refractivity contribution in [2.24, 2.45) is 0 Å². The molecule has 0 saturated carbocycles. The van der Waals surface area contributed by atoms with Crippen LogP contribution in [0.25, 0.3) is 11.0 Å². The normalized spacial score (nSPS) is 17.6. The molecule has 1 atom stereocenters. The monoisotopic (exact) mass is 335 g/mol. The van der Waals surface area contributed by atoms with Crippen LogP contribution in [0, 0.1) is 0 Å². The SMILES string of the molecule is COc1ccc(C(=O)N2CCC[C@@H](c3nc4ccccc4[nH]3)C2)cc1. The first-order valence-corrected chi connectivity index (χ1v) is 8.62. The second-order valence-electron chi connectivity index (χ2n) is 6.46. The summed E-state index contributed by atoms with van der Waals surface area (Å²) < 4.78 is 5.16. The second-order valence-corrected chi connectivity index (χ2v) is 6.46. The summed E-state index contributed by atoms with van der Waals surface area (Å²) in [5.74, 6) is 2.07. The van der Waals surface area contributed by atoms with Crippen LogP contribution in [-0.2, 0) is 0 Å². The number of aromatic amines is 1. The number of amides is 1. The smallest absolute Gasteiger partial charge is 0.253 e. The molecule has 1 aliphatic heterocycles. The van der Waals surface area contributed by atoms with Gasteiger partial charge in [-0.1, -0.05) is 12.1 Å². The van der Waals surface area contributed by atoms with Gasteiger partial charge >= 0.3 is 0 Å². The van der Waals surface area contributed by atoms with Crippen LogP contribution in [0.1, 0.15) is 34.9 Å². The Morgan fingerprint density at radius 3 is 2.76 bits per heavy atom. The summed E-state index contributed by atoms with van der Waals surface area (Å²) in [5, 5.41) is 0. The molecule has 5 heteroatoms. The van der Waals surface area contributed by atoms with E-state index in [4.69, 9.17) is 9.72 Å². The van der Waals surface area contributed by atoms with E-state index >= 15 is 0 Å². The molecule has 2 aromatic carbocycles. The van der Waals surface area contributed by atoms with Crippen LogP contribution in [0.15, 0.2) is 48.5 Å². The molecule has 25 heavy (non-hydrogen) atoms. The summed E-state index contributed by atoms with van der Waals surface area (Å²) in [7, 11) is 1.62. The molecule has 1 fully saturated rings. The maximum atomic E-state index is 12.8. The summed E-state index contributed by atoms with van der Waals surface area (Å²) in [4.78, 5) is 22.9. The van der Waals surface area contributed by atoms with Gasteiger partial charge in [-0.05, 0) is 49.2 Å². The number of carbonyl (C=O) groups excluding carboxylic acids is 1. The second kappa shape index (κ2) is 6.59. The average Bonchev–Trinajstić information content (AvgIpc) is 3.12. The molecule has 0 radical (unpaired) electrons. The van der Waals surface area contributed by atoms with Crippen molar-refractivity contribution in [2.75, 3.05) is 20.2 Å². The zero-order valence-electron chi connectivity index (χ0n) is 14.2. The minimum absolute atomic E-state index is 0.0727. The average molecular weight is 335 g/mol. The number of hydrogen-bond acceptors (Lipinski definition) is 3. The molecule has 0 unspecified atom stereocenters. The number of likely N-dealkylation sites (tertiary alicyclic amines) is 1. The summed E-state index contributed by atoms with van der Waals surface area (Å²) in [6.45, 7) is 1.49. The van der Waals surface area contributed by atoms with Crippen LogP contribution in [0.4, 0.5) is 0 Å². The molecule has 128 valence electrons. The molecular formula is C20H21N3O2. The molecule has 5 nitrogen and oxygen atoms in total. The Hall–Kier alpha value is -2.82. The fraction of sp³-hybridized carbons (Fsp3) is 0.300. The molecule has 2 heterocycles. The van der Waals surface area contributed by atoms with Gasteiger partial charge in [-0.2, -0.15) is 0 Å². The Bertz CT molecular complexity index is 852. The van der Waals surface area contributed by atoms with Crippen molar-refractivity contribution in [3.63, 3.8) is 0 Å². The Morgan fingerprint density at radius 1 is 1.20 bits per heavy atom. The van der Waals surface area contributed by atoms with Crippen molar-refractivity contribution >= 4 is 16.9 Å². The van der Waals surface area contributed by atoms with E-state index in [1.54, 1.807) is 7.11 Å². The first kappa shape index (κ1) is 15.7. The van der Waals surface area contributed by atoms with Crippen molar-refractivity contribution in [1.29, 1.82) is 0 Å². The lowest BCUT2D eigenvalue weighted by Crippen LogP contribution is -2.39. The first-order valence-electron chi connectivity index (χ1n) is 8.62. The van der Waals surface area contributed by atoms with Gasteiger partial charge in [-0.3, -0.25) is 4.79 Å². The van der Waals surface area contributed by atoms with Crippen LogP contribution >= 0.6 is 0 Å². The molecule has 4 rings (SSSR count). The lowest BCUT2D eigenvalue weighted by molar-refractivity contribution is 0.0705. The number of para-hydroxylation sites is 2. The molecule has 0 bridgehead atoms. The zero-order valence-corrected chi connectivity index (χ0v) is 14.2. The third-order valence-corrected chi connectivity index (χ3v) is 4.84. The lowest BCUT2D eigenvalue weighted by atomic mass is 9.96. The minimum atomic E-state index is 0.0727. The number of ether oxygens (including phenoxy) is 1. The van der Waals surface area contributed by atoms with Gasteiger partial charge in [0.1, 0.15) is 11.6 Å². The maximum Gasteiger partial charge on any atom is 0.253 e. The van der Waals surface area contributed by atoms with Gasteiger partial charge in [0.25, 0.3) is 5.91 Å². The van der Waals surface area contributed by atoms with Gasteiger partial charge in [0, 0.05) is 24.6 Å². The van der Waals surface area contributed by atoms with Crippen LogP contribution in [-0.4, -0.2) is 41.0 Å².